The first-order chi connectivity index (χ1) is 21.4. The Hall–Kier alpha value is -1.30. The molecule has 0 bridgehead atoms. The minimum absolute atomic E-state index is 0.121. The van der Waals surface area contributed by atoms with Gasteiger partial charge in [-0.15, -0.1) is 0 Å². The smallest absolute Gasteiger partial charge is 0.251 e. The van der Waals surface area contributed by atoms with Crippen molar-refractivity contribution >= 4 is 62.3 Å². The number of carbonyl (C=O) groups is 2. The van der Waals surface area contributed by atoms with Gasteiger partial charge in [-0.25, -0.2) is 0 Å². The summed E-state index contributed by atoms with van der Waals surface area (Å²) in [7, 11) is 7.85. The van der Waals surface area contributed by atoms with Gasteiger partial charge in [0.15, 0.2) is 0 Å². The SMILES string of the molecule is CSSC(COc1cccc(C(=O)NCCN)c1)OCCOCC(=O)NCC#C[B][C@H]1C[C@@H](O[C@@H](CN)SSC)C(CO)O1. The van der Waals surface area contributed by atoms with E-state index in [4.69, 9.17) is 35.2 Å². The molecule has 1 aliphatic heterocycles. The summed E-state index contributed by atoms with van der Waals surface area (Å²) in [6, 6.07) is 6.62. The van der Waals surface area contributed by atoms with Crippen molar-refractivity contribution in [3.8, 4) is 17.5 Å². The Morgan fingerprint density at radius 2 is 1.98 bits per heavy atom. The molecule has 5 atom stereocenters. The second-order valence-electron chi connectivity index (χ2n) is 9.00. The van der Waals surface area contributed by atoms with E-state index in [2.05, 4.69) is 22.4 Å². The summed E-state index contributed by atoms with van der Waals surface area (Å²) in [6.07, 6.45) is 3.76. The van der Waals surface area contributed by atoms with Gasteiger partial charge in [0.25, 0.3) is 13.2 Å². The van der Waals surface area contributed by atoms with Gasteiger partial charge >= 0.3 is 0 Å². The second kappa shape index (κ2) is 24.0. The molecule has 1 aliphatic rings. The minimum Gasteiger partial charge on any atom is -0.490 e. The molecule has 2 rings (SSSR count). The fourth-order valence-electron chi connectivity index (χ4n) is 3.77. The van der Waals surface area contributed by atoms with E-state index in [0.29, 0.717) is 37.4 Å². The summed E-state index contributed by atoms with van der Waals surface area (Å²) >= 11 is 0. The average Bonchev–Trinajstić information content (AvgIpc) is 3.43. The zero-order chi connectivity index (χ0) is 32.0. The van der Waals surface area contributed by atoms with Gasteiger partial charge in [0.2, 0.25) is 5.91 Å². The van der Waals surface area contributed by atoms with Crippen LogP contribution in [-0.2, 0) is 23.7 Å². The normalized spacial score (nSPS) is 19.0. The highest BCUT2D eigenvalue weighted by Crippen LogP contribution is 2.30. The highest BCUT2D eigenvalue weighted by molar-refractivity contribution is 8.76. The quantitative estimate of drug-likeness (QED) is 0.0378. The number of benzene rings is 1. The van der Waals surface area contributed by atoms with E-state index >= 15 is 0 Å². The molecule has 7 N–H and O–H groups in total. The van der Waals surface area contributed by atoms with Crippen LogP contribution in [0.1, 0.15) is 16.8 Å². The number of hydrogen-bond donors (Lipinski definition) is 5. The number of nitrogens with two attached hydrogens (primary N) is 2. The molecule has 0 saturated carbocycles. The third kappa shape index (κ3) is 15.8. The van der Waals surface area contributed by atoms with Gasteiger partial charge in [0, 0.05) is 31.2 Å². The lowest BCUT2D eigenvalue weighted by molar-refractivity contribution is -0.126. The maximum atomic E-state index is 12.1. The molecule has 1 fully saturated rings. The van der Waals surface area contributed by atoms with E-state index in [9.17, 15) is 14.7 Å². The van der Waals surface area contributed by atoms with E-state index in [0.717, 1.165) is 0 Å². The highest BCUT2D eigenvalue weighted by atomic mass is 33.1. The van der Waals surface area contributed by atoms with Gasteiger partial charge in [-0.1, -0.05) is 55.2 Å². The Labute approximate surface area is 276 Å². The number of ether oxygens (including phenoxy) is 5. The number of carbonyl (C=O) groups excluding carboxylic acids is 2. The fraction of sp³-hybridized carbons (Fsp3) is 0.630. The monoisotopic (exact) mass is 689 g/mol. The summed E-state index contributed by atoms with van der Waals surface area (Å²) in [5.74, 6) is 5.81. The number of hydrogen-bond acceptors (Lipinski definition) is 14. The summed E-state index contributed by atoms with van der Waals surface area (Å²) in [5.41, 5.74) is 11.2. The van der Waals surface area contributed by atoms with Gasteiger partial charge in [-0.2, -0.15) is 5.82 Å². The topological polar surface area (TPSA) is 177 Å². The molecule has 1 heterocycles. The number of aliphatic hydroxyl groups excluding tert-OH is 1. The lowest BCUT2D eigenvalue weighted by atomic mass is 9.71. The van der Waals surface area contributed by atoms with Gasteiger partial charge in [-0.05, 0) is 37.1 Å². The van der Waals surface area contributed by atoms with Crippen molar-refractivity contribution in [2.45, 2.75) is 35.5 Å². The van der Waals surface area contributed by atoms with Crippen LogP contribution < -0.4 is 26.8 Å². The summed E-state index contributed by atoms with van der Waals surface area (Å²) < 4.78 is 28.9. The average molecular weight is 690 g/mol. The Morgan fingerprint density at radius 3 is 2.70 bits per heavy atom. The molecule has 12 nitrogen and oxygen atoms in total. The van der Waals surface area contributed by atoms with Crippen molar-refractivity contribution in [2.75, 3.05) is 71.7 Å². The second-order valence-corrected chi connectivity index (χ2v) is 14.3. The zero-order valence-electron chi connectivity index (χ0n) is 24.9. The molecule has 1 saturated heterocycles. The van der Waals surface area contributed by atoms with Crippen LogP contribution in [-0.4, -0.2) is 125 Å². The van der Waals surface area contributed by atoms with Gasteiger partial charge in [0.1, 0.15) is 35.9 Å². The molecule has 2 unspecified atom stereocenters. The van der Waals surface area contributed by atoms with Crippen LogP contribution in [0.5, 0.6) is 5.75 Å². The first-order valence-electron chi connectivity index (χ1n) is 13.9. The van der Waals surface area contributed by atoms with Crippen LogP contribution in [0.15, 0.2) is 24.3 Å². The predicted octanol–water partition coefficient (Wildman–Crippen LogP) is 0.694. The predicted molar refractivity (Wildman–Crippen MR) is 181 cm³/mol. The molecule has 245 valence electrons. The van der Waals surface area contributed by atoms with Crippen molar-refractivity contribution in [3.63, 3.8) is 0 Å². The van der Waals surface area contributed by atoms with Crippen LogP contribution in [0.3, 0.4) is 0 Å². The third-order valence-electron chi connectivity index (χ3n) is 5.76. The molecule has 1 aromatic rings. The molecule has 0 aliphatic carbocycles. The molecule has 0 aromatic heterocycles. The van der Waals surface area contributed by atoms with E-state index < -0.39 is 6.10 Å². The minimum atomic E-state index is -0.434. The molecule has 2 amide bonds. The van der Waals surface area contributed by atoms with Crippen molar-refractivity contribution in [1.29, 1.82) is 0 Å². The molecule has 44 heavy (non-hydrogen) atoms. The lowest BCUT2D eigenvalue weighted by Crippen LogP contribution is -2.33. The number of rotatable bonds is 22. The summed E-state index contributed by atoms with van der Waals surface area (Å²) in [6.45, 7) is 1.78. The first kappa shape index (κ1) is 38.9. The van der Waals surface area contributed by atoms with Crippen LogP contribution >= 0.6 is 43.2 Å². The van der Waals surface area contributed by atoms with Gasteiger partial charge in [0.05, 0.1) is 32.5 Å². The van der Waals surface area contributed by atoms with Crippen molar-refractivity contribution < 1.29 is 38.4 Å². The standard InChI is InChI=1S/C27H42BN4O8S4/c1-41-43-25(15-30)40-21-14-23(39-22(21)16-33)28-7-4-9-31-24(34)17-36-11-12-37-26(44-42-2)18-38-20-6-3-5-19(13-20)27(35)32-10-8-29/h3,5-6,13,21-23,25-26,33H,8-12,14-18,29-30H2,1-2H3,(H,31,34)(H,32,35)/t21-,22?,23-,25-,26?/m1/s1. The first-order valence-corrected chi connectivity index (χ1v) is 19.2. The Bertz CT molecular complexity index is 1040. The van der Waals surface area contributed by atoms with E-state index in [-0.39, 0.29) is 74.4 Å². The van der Waals surface area contributed by atoms with E-state index in [1.807, 2.05) is 12.5 Å². The molecule has 1 aromatic carbocycles. The largest absolute Gasteiger partial charge is 0.490 e. The Balaban J connectivity index is 1.61. The van der Waals surface area contributed by atoms with E-state index in [1.165, 1.54) is 21.6 Å². The van der Waals surface area contributed by atoms with Gasteiger partial charge < -0.3 is 50.9 Å². The maximum absolute atomic E-state index is 12.1. The van der Waals surface area contributed by atoms with Gasteiger partial charge in [-0.3, -0.25) is 9.59 Å². The Morgan fingerprint density at radius 1 is 1.18 bits per heavy atom. The van der Waals surface area contributed by atoms with Crippen molar-refractivity contribution in [2.24, 2.45) is 11.5 Å². The van der Waals surface area contributed by atoms with Crippen LogP contribution in [0, 0.1) is 11.7 Å². The van der Waals surface area contributed by atoms with Crippen molar-refractivity contribution in [3.05, 3.63) is 29.8 Å². The zero-order valence-corrected chi connectivity index (χ0v) is 28.2. The molecule has 0 spiro atoms. The third-order valence-corrected chi connectivity index (χ3v) is 9.59. The summed E-state index contributed by atoms with van der Waals surface area (Å²) in [4.78, 5) is 24.2. The molecule has 1 radical (unpaired) electrons. The molecular weight excluding hydrogens is 647 g/mol. The fourth-order valence-corrected chi connectivity index (χ4v) is 6.73. The van der Waals surface area contributed by atoms with E-state index in [1.54, 1.807) is 53.1 Å². The highest BCUT2D eigenvalue weighted by Gasteiger charge is 2.37. The maximum Gasteiger partial charge on any atom is 0.251 e. The van der Waals surface area contributed by atoms with Crippen LogP contribution in [0.2, 0.25) is 0 Å². The number of aliphatic hydroxyl groups is 1. The van der Waals surface area contributed by atoms with Crippen molar-refractivity contribution in [1.82, 2.24) is 10.6 Å². The lowest BCUT2D eigenvalue weighted by Gasteiger charge is -2.22. The molecule has 17 heteroatoms. The van der Waals surface area contributed by atoms with Crippen LogP contribution in [0.4, 0.5) is 0 Å². The molecular formula is C27H42BN4O8S4. The number of amides is 2. The van der Waals surface area contributed by atoms with Crippen LogP contribution in [0.25, 0.3) is 0 Å². The Kier molecular flexibility index (Phi) is 21.2. The summed E-state index contributed by atoms with van der Waals surface area (Å²) in [5, 5.41) is 15.0. The number of nitrogens with one attached hydrogen (secondary N) is 2.